The molecule has 3 fully saturated rings. The molecule has 3 aliphatic rings. The Kier molecular flexibility index (Phi) is 6.52. The molecule has 0 unspecified atom stereocenters. The zero-order valence-electron chi connectivity index (χ0n) is 16.0. The summed E-state index contributed by atoms with van der Waals surface area (Å²) in [4.78, 5) is 36.0. The molecule has 0 bridgehead atoms. The second-order valence-electron chi connectivity index (χ2n) is 8.35. The normalized spacial score (nSPS) is 22.5. The van der Waals surface area contributed by atoms with Gasteiger partial charge in [0.05, 0.1) is 5.56 Å². The number of carbonyl (C=O) groups is 2. The number of hydrogen-bond acceptors (Lipinski definition) is 7. The van der Waals surface area contributed by atoms with Crippen LogP contribution in [0.3, 0.4) is 0 Å². The zero-order chi connectivity index (χ0) is 18.9. The smallest absolute Gasteiger partial charge is 0.277 e. The fraction of sp³-hybridized carbons (Fsp3) is 0.684. The molecule has 2 saturated heterocycles. The average molecular weight is 410 g/mol. The maximum atomic E-state index is 11.4. The van der Waals surface area contributed by atoms with E-state index in [2.05, 4.69) is 19.8 Å². The molecule has 2 N–H and O–H groups in total. The number of carbonyl (C=O) groups excluding carboxylic acids is 2. The first kappa shape index (κ1) is 21.0. The summed E-state index contributed by atoms with van der Waals surface area (Å²) in [5.74, 6) is 1.17. The largest absolute Gasteiger partial charge is 0.341 e. The summed E-state index contributed by atoms with van der Waals surface area (Å²) in [5, 5.41) is 8.65. The molecule has 9 heteroatoms. The number of aromatic nitrogens is 2. The Morgan fingerprint density at radius 1 is 1.18 bits per heavy atom. The maximum Gasteiger partial charge on any atom is 0.277 e. The van der Waals surface area contributed by atoms with Crippen molar-refractivity contribution in [2.24, 2.45) is 11.3 Å². The first-order valence-electron chi connectivity index (χ1n) is 9.82. The summed E-state index contributed by atoms with van der Waals surface area (Å²) in [7, 11) is 0. The Morgan fingerprint density at radius 2 is 1.79 bits per heavy atom. The summed E-state index contributed by atoms with van der Waals surface area (Å²) in [6.45, 7) is 5.34. The van der Waals surface area contributed by atoms with Crippen molar-refractivity contribution in [1.82, 2.24) is 20.3 Å². The number of Topliss-reactive ketones (excluding diaryl/α,β-unsaturated/α-hetero) is 1. The van der Waals surface area contributed by atoms with Crippen LogP contribution in [0.15, 0.2) is 12.4 Å². The van der Waals surface area contributed by atoms with E-state index in [0.29, 0.717) is 23.1 Å². The average Bonchev–Trinajstić information content (AvgIpc) is 2.68. The van der Waals surface area contributed by atoms with Gasteiger partial charge in [0.25, 0.3) is 5.91 Å². The molecular weight excluding hydrogens is 382 g/mol. The lowest BCUT2D eigenvalue weighted by Crippen LogP contribution is -2.61. The summed E-state index contributed by atoms with van der Waals surface area (Å²) in [6.07, 6.45) is 8.84. The molecule has 0 radical (unpaired) electrons. The van der Waals surface area contributed by atoms with Gasteiger partial charge in [-0.1, -0.05) is 0 Å². The van der Waals surface area contributed by atoms with Crippen LogP contribution >= 0.6 is 12.4 Å². The second-order valence-corrected chi connectivity index (χ2v) is 8.35. The standard InChI is InChI=1S/C19H27N5O3.ClH/c25-16-3-1-14(2-4-16)11-23-12-19(13-23)5-7-24(8-6-19)18-20-9-15(10-21-18)17(26)22-27;/h9-10,14,27H,1-8,11-13H2,(H,22,26);1H. The highest BCUT2D eigenvalue weighted by atomic mass is 35.5. The fourth-order valence-corrected chi connectivity index (χ4v) is 4.74. The quantitative estimate of drug-likeness (QED) is 0.576. The molecule has 1 aromatic heterocycles. The molecule has 0 atom stereocenters. The number of hydroxylamine groups is 1. The van der Waals surface area contributed by atoms with E-state index in [1.165, 1.54) is 25.5 Å². The molecule has 1 amide bonds. The zero-order valence-corrected chi connectivity index (χ0v) is 16.8. The van der Waals surface area contributed by atoms with Gasteiger partial charge in [-0.3, -0.25) is 14.8 Å². The monoisotopic (exact) mass is 409 g/mol. The molecular formula is C19H28ClN5O3. The number of likely N-dealkylation sites (tertiary alicyclic amines) is 1. The molecule has 2 aliphatic heterocycles. The predicted octanol–water partition coefficient (Wildman–Crippen LogP) is 1.68. The second kappa shape index (κ2) is 8.71. The van der Waals surface area contributed by atoms with E-state index in [-0.39, 0.29) is 18.0 Å². The van der Waals surface area contributed by atoms with Gasteiger partial charge >= 0.3 is 0 Å². The first-order valence-corrected chi connectivity index (χ1v) is 9.82. The van der Waals surface area contributed by atoms with Gasteiger partial charge in [0.1, 0.15) is 5.78 Å². The van der Waals surface area contributed by atoms with Crippen LogP contribution in [0.4, 0.5) is 5.95 Å². The molecule has 28 heavy (non-hydrogen) atoms. The maximum absolute atomic E-state index is 11.4. The van der Waals surface area contributed by atoms with Gasteiger partial charge in [-0.15, -0.1) is 12.4 Å². The molecule has 0 aromatic carbocycles. The number of piperidine rings is 1. The highest BCUT2D eigenvalue weighted by molar-refractivity contribution is 5.92. The summed E-state index contributed by atoms with van der Waals surface area (Å²) in [5.41, 5.74) is 2.26. The number of rotatable bonds is 4. The van der Waals surface area contributed by atoms with Gasteiger partial charge in [-0.2, -0.15) is 0 Å². The SMILES string of the molecule is Cl.O=C1CCC(CN2CC3(CCN(c4ncc(C(=O)NO)cn4)CC3)C2)CC1. The van der Waals surface area contributed by atoms with E-state index in [1.807, 2.05) is 0 Å². The molecule has 4 rings (SSSR count). The van der Waals surface area contributed by atoms with Crippen LogP contribution in [0.25, 0.3) is 0 Å². The Hall–Kier alpha value is -1.77. The third-order valence-electron chi connectivity index (χ3n) is 6.41. The van der Waals surface area contributed by atoms with Gasteiger partial charge < -0.3 is 9.80 Å². The fourth-order valence-electron chi connectivity index (χ4n) is 4.74. The molecule has 3 heterocycles. The highest BCUT2D eigenvalue weighted by Gasteiger charge is 2.45. The van der Waals surface area contributed by atoms with Gasteiger partial charge in [-0.25, -0.2) is 15.4 Å². The number of amides is 1. The lowest BCUT2D eigenvalue weighted by molar-refractivity contribution is -0.121. The summed E-state index contributed by atoms with van der Waals surface area (Å²) < 4.78 is 0. The van der Waals surface area contributed by atoms with E-state index in [9.17, 15) is 9.59 Å². The number of nitrogens with zero attached hydrogens (tertiary/aromatic N) is 4. The minimum atomic E-state index is -0.601. The number of anilines is 1. The van der Waals surface area contributed by atoms with Crippen LogP contribution in [0.5, 0.6) is 0 Å². The minimum Gasteiger partial charge on any atom is -0.341 e. The van der Waals surface area contributed by atoms with E-state index >= 15 is 0 Å². The van der Waals surface area contributed by atoms with Crippen LogP contribution in [-0.4, -0.2) is 64.5 Å². The molecule has 154 valence electrons. The Labute approximate surface area is 171 Å². The van der Waals surface area contributed by atoms with Gasteiger partial charge in [0.15, 0.2) is 0 Å². The van der Waals surface area contributed by atoms with Gasteiger partial charge in [0.2, 0.25) is 5.95 Å². The Morgan fingerprint density at radius 3 is 2.36 bits per heavy atom. The van der Waals surface area contributed by atoms with E-state index in [4.69, 9.17) is 5.21 Å². The van der Waals surface area contributed by atoms with E-state index in [1.54, 1.807) is 5.48 Å². The van der Waals surface area contributed by atoms with Crippen LogP contribution in [-0.2, 0) is 4.79 Å². The van der Waals surface area contributed by atoms with Crippen molar-refractivity contribution in [3.8, 4) is 0 Å². The highest BCUT2D eigenvalue weighted by Crippen LogP contribution is 2.41. The topological polar surface area (TPSA) is 98.7 Å². The van der Waals surface area contributed by atoms with Crippen molar-refractivity contribution in [2.75, 3.05) is 37.6 Å². The van der Waals surface area contributed by atoms with Crippen molar-refractivity contribution in [3.63, 3.8) is 0 Å². The van der Waals surface area contributed by atoms with E-state index in [0.717, 1.165) is 58.2 Å². The van der Waals surface area contributed by atoms with Crippen molar-refractivity contribution < 1.29 is 14.8 Å². The van der Waals surface area contributed by atoms with Crippen LogP contribution in [0.2, 0.25) is 0 Å². The number of halogens is 1. The first-order chi connectivity index (χ1) is 13.1. The van der Waals surface area contributed by atoms with Crippen molar-refractivity contribution in [3.05, 3.63) is 18.0 Å². The molecule has 8 nitrogen and oxygen atoms in total. The van der Waals surface area contributed by atoms with Crippen LogP contribution in [0.1, 0.15) is 48.9 Å². The Balaban J connectivity index is 0.00000225. The third-order valence-corrected chi connectivity index (χ3v) is 6.41. The van der Waals surface area contributed by atoms with Crippen molar-refractivity contribution in [1.29, 1.82) is 0 Å². The lowest BCUT2D eigenvalue weighted by Gasteiger charge is -2.55. The number of nitrogens with one attached hydrogen (secondary N) is 1. The Bertz CT molecular complexity index is 688. The van der Waals surface area contributed by atoms with Crippen molar-refractivity contribution >= 4 is 30.0 Å². The van der Waals surface area contributed by atoms with Crippen LogP contribution < -0.4 is 10.4 Å². The minimum absolute atomic E-state index is 0. The number of hydrogen-bond donors (Lipinski definition) is 2. The van der Waals surface area contributed by atoms with Gasteiger partial charge in [0, 0.05) is 58.0 Å². The third kappa shape index (κ3) is 4.45. The summed E-state index contributed by atoms with van der Waals surface area (Å²) >= 11 is 0. The molecule has 1 aromatic rings. The van der Waals surface area contributed by atoms with Gasteiger partial charge in [-0.05, 0) is 37.0 Å². The predicted molar refractivity (Wildman–Crippen MR) is 106 cm³/mol. The van der Waals surface area contributed by atoms with Crippen molar-refractivity contribution in [2.45, 2.75) is 38.5 Å². The number of ketones is 1. The van der Waals surface area contributed by atoms with E-state index < -0.39 is 5.91 Å². The lowest BCUT2D eigenvalue weighted by atomic mass is 9.71. The molecule has 1 saturated carbocycles. The molecule has 1 spiro atoms. The summed E-state index contributed by atoms with van der Waals surface area (Å²) in [6, 6.07) is 0. The van der Waals surface area contributed by atoms with Crippen LogP contribution in [0, 0.1) is 11.3 Å². The molecule has 1 aliphatic carbocycles.